The zero-order chi connectivity index (χ0) is 38.4. The number of amides is 2. The molecule has 0 bridgehead atoms. The Morgan fingerprint density at radius 1 is 0.673 bits per heavy atom. The molecule has 276 valence electrons. The van der Waals surface area contributed by atoms with Crippen LogP contribution in [0, 0.1) is 11.8 Å². The lowest BCUT2D eigenvalue weighted by Gasteiger charge is -2.31. The Morgan fingerprint density at radius 3 is 1.69 bits per heavy atom. The van der Waals surface area contributed by atoms with Crippen LogP contribution in [0.25, 0.3) is 11.1 Å². The number of carbonyl (C=O) groups excluding carboxylic acids is 8. The molecule has 2 amide bonds. The van der Waals surface area contributed by atoms with Gasteiger partial charge in [-0.05, 0) is 104 Å². The van der Waals surface area contributed by atoms with Crippen molar-refractivity contribution in [3.05, 3.63) is 58.7 Å². The first kappa shape index (κ1) is 38.2. The summed E-state index contributed by atoms with van der Waals surface area (Å²) in [4.78, 5) is 104. The third kappa shape index (κ3) is 7.47. The van der Waals surface area contributed by atoms with E-state index in [2.05, 4.69) is 6.92 Å². The van der Waals surface area contributed by atoms with Crippen LogP contribution in [0.2, 0.25) is 0 Å². The molecule has 0 aromatic heterocycles. The molecule has 12 heteroatoms. The van der Waals surface area contributed by atoms with Gasteiger partial charge in [0.05, 0.1) is 6.04 Å². The Balaban J connectivity index is 0.000000340. The monoisotopic (exact) mass is 714 g/mol. The molecule has 4 unspecified atom stereocenters. The SMILES string of the molecule is CC1CCCN1C(=O)OC(C)(C)C.C[C@@H]1CCC(C(=O)C2C(=O)c3ccc(-c4ccc5c(c4)C(=O)C(C=O)C5=O)cc3C2=O)N1C(=O)OC(C)(C)C. The Labute approximate surface area is 303 Å². The van der Waals surface area contributed by atoms with Gasteiger partial charge >= 0.3 is 12.2 Å². The van der Waals surface area contributed by atoms with E-state index in [1.807, 2.05) is 25.7 Å². The number of likely N-dealkylation sites (tertiary alicyclic amines) is 2. The number of fused-ring (bicyclic) bond motifs is 2. The van der Waals surface area contributed by atoms with E-state index in [-0.39, 0.29) is 40.0 Å². The van der Waals surface area contributed by atoms with Crippen LogP contribution in [0.1, 0.15) is 123 Å². The van der Waals surface area contributed by atoms with E-state index in [0.717, 1.165) is 19.4 Å². The van der Waals surface area contributed by atoms with E-state index in [0.29, 0.717) is 36.3 Å². The number of benzene rings is 2. The summed E-state index contributed by atoms with van der Waals surface area (Å²) in [7, 11) is 0. The van der Waals surface area contributed by atoms with Crippen LogP contribution in [-0.4, -0.2) is 93.1 Å². The number of rotatable bonds is 4. The minimum absolute atomic E-state index is 0.0828. The predicted molar refractivity (Wildman–Crippen MR) is 189 cm³/mol. The summed E-state index contributed by atoms with van der Waals surface area (Å²) in [6, 6.07) is 8.21. The molecule has 2 aromatic rings. The van der Waals surface area contributed by atoms with Crippen LogP contribution in [-0.2, 0) is 19.1 Å². The second kappa shape index (κ2) is 14.2. The Hall–Kier alpha value is -5.00. The molecule has 52 heavy (non-hydrogen) atoms. The molecule has 2 heterocycles. The van der Waals surface area contributed by atoms with Crippen LogP contribution in [0.3, 0.4) is 0 Å². The van der Waals surface area contributed by atoms with E-state index in [1.165, 1.54) is 29.2 Å². The van der Waals surface area contributed by atoms with Gasteiger partial charge in [-0.3, -0.25) is 28.9 Å². The van der Waals surface area contributed by atoms with E-state index < -0.39 is 58.5 Å². The lowest BCUT2D eigenvalue weighted by molar-refractivity contribution is -0.125. The number of ether oxygens (including phenoxy) is 2. The second-order valence-electron chi connectivity index (χ2n) is 15.9. The molecule has 2 aromatic carbocycles. The van der Waals surface area contributed by atoms with Crippen LogP contribution in [0.15, 0.2) is 36.4 Å². The Kier molecular flexibility index (Phi) is 10.4. The number of hydrogen-bond acceptors (Lipinski definition) is 10. The van der Waals surface area contributed by atoms with Crippen LogP contribution in [0.5, 0.6) is 0 Å². The number of carbonyl (C=O) groups is 8. The first-order valence-corrected chi connectivity index (χ1v) is 17.7. The first-order valence-electron chi connectivity index (χ1n) is 17.7. The van der Waals surface area contributed by atoms with Crippen molar-refractivity contribution in [1.29, 1.82) is 0 Å². The molecule has 6 rings (SSSR count). The lowest BCUT2D eigenvalue weighted by Crippen LogP contribution is -2.49. The van der Waals surface area contributed by atoms with Gasteiger partial charge in [-0.15, -0.1) is 0 Å². The first-order chi connectivity index (χ1) is 24.2. The fourth-order valence-corrected chi connectivity index (χ4v) is 7.15. The number of ketones is 5. The zero-order valence-corrected chi connectivity index (χ0v) is 30.9. The summed E-state index contributed by atoms with van der Waals surface area (Å²) >= 11 is 0. The van der Waals surface area contributed by atoms with Crippen molar-refractivity contribution in [1.82, 2.24) is 9.80 Å². The summed E-state index contributed by atoms with van der Waals surface area (Å²) in [5.74, 6) is -5.90. The maximum absolute atomic E-state index is 13.6. The van der Waals surface area contributed by atoms with Crippen molar-refractivity contribution in [3.63, 3.8) is 0 Å². The Bertz CT molecular complexity index is 1870. The van der Waals surface area contributed by atoms with Gasteiger partial charge in [0.1, 0.15) is 29.3 Å². The molecule has 12 nitrogen and oxygen atoms in total. The smallest absolute Gasteiger partial charge is 0.411 e. The van der Waals surface area contributed by atoms with Gasteiger partial charge in [-0.2, -0.15) is 0 Å². The van der Waals surface area contributed by atoms with E-state index in [4.69, 9.17) is 9.47 Å². The number of aldehydes is 1. The molecule has 0 N–H and O–H groups in total. The van der Waals surface area contributed by atoms with Crippen molar-refractivity contribution in [2.45, 2.75) is 110 Å². The zero-order valence-electron chi connectivity index (χ0n) is 30.9. The summed E-state index contributed by atoms with van der Waals surface area (Å²) in [5, 5.41) is 0. The number of nitrogens with zero attached hydrogens (tertiary/aromatic N) is 2. The van der Waals surface area contributed by atoms with Gasteiger partial charge in [0.2, 0.25) is 0 Å². The molecule has 5 atom stereocenters. The molecule has 4 aliphatic rings. The van der Waals surface area contributed by atoms with Gasteiger partial charge in [-0.1, -0.05) is 24.3 Å². The van der Waals surface area contributed by atoms with Crippen LogP contribution < -0.4 is 0 Å². The molecule has 2 aliphatic heterocycles. The van der Waals surface area contributed by atoms with Gasteiger partial charge in [0.15, 0.2) is 28.9 Å². The largest absolute Gasteiger partial charge is 0.444 e. The standard InChI is InChI=1S/C30H27NO8.C10H19NO2/c1-14-5-10-22(31(14)29(38)39-30(2,3)4)28(37)23-26(35)18-9-7-16(12-20(18)27(23)36)15-6-8-17-19(11-15)25(34)21(13-32)24(17)33;1-8-6-5-7-11(8)9(12)13-10(2,3)4/h6-9,11-14,21-23H,5,10H2,1-4H3;8H,5-7H2,1-4H3/t14-,21?,22?,23?;/m1./s1. The quantitative estimate of drug-likeness (QED) is 0.259. The third-order valence-electron chi connectivity index (χ3n) is 9.73. The highest BCUT2D eigenvalue weighted by Gasteiger charge is 2.50. The highest BCUT2D eigenvalue weighted by atomic mass is 16.6. The van der Waals surface area contributed by atoms with E-state index in [1.54, 1.807) is 39.8 Å². The topological polar surface area (TPSA) is 161 Å². The number of hydrogen-bond donors (Lipinski definition) is 0. The molecule has 2 fully saturated rings. The lowest BCUT2D eigenvalue weighted by atomic mass is 9.92. The third-order valence-corrected chi connectivity index (χ3v) is 9.73. The molecule has 0 radical (unpaired) electrons. The molecule has 0 saturated carbocycles. The van der Waals surface area contributed by atoms with Crippen molar-refractivity contribution in [2.75, 3.05) is 6.54 Å². The van der Waals surface area contributed by atoms with Gasteiger partial charge < -0.3 is 19.2 Å². The van der Waals surface area contributed by atoms with E-state index in [9.17, 15) is 38.4 Å². The van der Waals surface area contributed by atoms with Gasteiger partial charge in [0, 0.05) is 40.9 Å². The van der Waals surface area contributed by atoms with Crippen molar-refractivity contribution < 1.29 is 47.8 Å². The van der Waals surface area contributed by atoms with Gasteiger partial charge in [-0.25, -0.2) is 9.59 Å². The van der Waals surface area contributed by atoms with Gasteiger partial charge in [0.25, 0.3) is 0 Å². The van der Waals surface area contributed by atoms with Crippen molar-refractivity contribution in [2.24, 2.45) is 11.8 Å². The summed E-state index contributed by atoms with van der Waals surface area (Å²) in [6.07, 6.45) is 2.55. The van der Waals surface area contributed by atoms with Crippen LogP contribution >= 0.6 is 0 Å². The fraction of sp³-hybridized carbons (Fsp3) is 0.500. The number of Topliss-reactive ketones (excluding diaryl/α,β-unsaturated/α-hetero) is 5. The summed E-state index contributed by atoms with van der Waals surface area (Å²) < 4.78 is 10.8. The van der Waals surface area contributed by atoms with Crippen molar-refractivity contribution in [3.8, 4) is 11.1 Å². The summed E-state index contributed by atoms with van der Waals surface area (Å²) in [5.41, 5.74) is 0.361. The molecular formula is C40H46N2O10. The minimum atomic E-state index is -1.55. The summed E-state index contributed by atoms with van der Waals surface area (Å²) in [6.45, 7) is 15.5. The average Bonchev–Trinajstić information content (AvgIpc) is 3.79. The molecular weight excluding hydrogens is 668 g/mol. The van der Waals surface area contributed by atoms with Crippen LogP contribution in [0.4, 0.5) is 9.59 Å². The molecule has 2 saturated heterocycles. The maximum atomic E-state index is 13.6. The molecule has 0 spiro atoms. The Morgan fingerprint density at radius 2 is 1.17 bits per heavy atom. The second-order valence-corrected chi connectivity index (χ2v) is 15.9. The fourth-order valence-electron chi connectivity index (χ4n) is 7.15. The minimum Gasteiger partial charge on any atom is -0.444 e. The normalized spacial score (nSPS) is 24.0. The maximum Gasteiger partial charge on any atom is 0.411 e. The van der Waals surface area contributed by atoms with Crippen molar-refractivity contribution >= 4 is 47.4 Å². The highest BCUT2D eigenvalue weighted by molar-refractivity contribution is 6.36. The molecule has 2 aliphatic carbocycles. The highest BCUT2D eigenvalue weighted by Crippen LogP contribution is 2.37. The van der Waals surface area contributed by atoms with E-state index >= 15 is 0 Å². The average molecular weight is 715 g/mol. The predicted octanol–water partition coefficient (Wildman–Crippen LogP) is 6.31.